The van der Waals surface area contributed by atoms with Gasteiger partial charge >= 0.3 is 17.9 Å². The van der Waals surface area contributed by atoms with Crippen molar-refractivity contribution in [2.24, 2.45) is 50.2 Å². The molecule has 4 saturated carbocycles. The van der Waals surface area contributed by atoms with E-state index in [1.54, 1.807) is 39.8 Å². The summed E-state index contributed by atoms with van der Waals surface area (Å²) in [6, 6.07) is 0. The third-order valence-corrected chi connectivity index (χ3v) is 21.4. The van der Waals surface area contributed by atoms with Crippen LogP contribution in [0.25, 0.3) is 0 Å². The summed E-state index contributed by atoms with van der Waals surface area (Å²) in [5.41, 5.74) is -3.55. The predicted octanol–water partition coefficient (Wildman–Crippen LogP) is 0.264. The first kappa shape index (κ1) is 63.0. The maximum atomic E-state index is 13.8. The predicted molar refractivity (Wildman–Crippen MR) is 277 cm³/mol. The number of aliphatic carboxylic acids is 1. The van der Waals surface area contributed by atoms with Crippen LogP contribution in [0.5, 0.6) is 0 Å². The molecule has 454 valence electrons. The number of carboxylic acids is 1. The number of rotatable bonds is 15. The normalized spacial score (nSPS) is 49.3. The summed E-state index contributed by atoms with van der Waals surface area (Å²) < 4.78 is 49.0. The molecule has 3 saturated heterocycles. The van der Waals surface area contributed by atoms with Gasteiger partial charge in [-0.05, 0) is 107 Å². The fraction of sp³-hybridized carbons (Fsp3) is 0.842. The SMILES string of the molecule is C/C=C(/C)C(=O)O[C@H]1[C@H](OC(=O)/C(C)=C\C)[C@@]2(CO)C(CC1(C)C)C1=CCC3[C@@]4(C)CC[C@H](O[C@@H]5OC(C(=O)O)[C@@H](O)C(OC6O[C@@H](CO)[C@@H](O)C6O)[C@@H]5O[C@@H]5OC(CO)[C@@H](O)C(O)[C@@H]5O)[C@@](C)(CO)C4CC[C@@]3(C)[C@]1(C)C[C@H]2O. The Morgan fingerprint density at radius 1 is 0.637 bits per heavy atom. The van der Waals surface area contributed by atoms with Crippen LogP contribution in [0.1, 0.15) is 114 Å². The van der Waals surface area contributed by atoms with E-state index in [4.69, 9.17) is 37.9 Å². The number of aliphatic hydroxyl groups excluding tert-OH is 11. The summed E-state index contributed by atoms with van der Waals surface area (Å²) in [5, 5.41) is 133. The highest BCUT2D eigenvalue weighted by Gasteiger charge is 2.74. The van der Waals surface area contributed by atoms with Crippen molar-refractivity contribution in [2.45, 2.75) is 225 Å². The third kappa shape index (κ3) is 9.95. The van der Waals surface area contributed by atoms with Crippen molar-refractivity contribution >= 4 is 17.9 Å². The van der Waals surface area contributed by atoms with Crippen LogP contribution in [0, 0.1) is 50.2 Å². The van der Waals surface area contributed by atoms with Crippen LogP contribution in [0.3, 0.4) is 0 Å². The van der Waals surface area contributed by atoms with E-state index in [9.17, 15) is 75.7 Å². The van der Waals surface area contributed by atoms with Crippen molar-refractivity contribution < 1.29 is 114 Å². The van der Waals surface area contributed by atoms with Crippen molar-refractivity contribution in [3.8, 4) is 0 Å². The number of hydrogen-bond acceptors (Lipinski definition) is 22. The molecule has 0 bridgehead atoms. The summed E-state index contributed by atoms with van der Waals surface area (Å²) in [7, 11) is 0. The molecule has 9 unspecified atom stereocenters. The van der Waals surface area contributed by atoms with E-state index < -0.39 is 193 Å². The Balaban J connectivity index is 1.14. The van der Waals surface area contributed by atoms with Gasteiger partial charge in [0.1, 0.15) is 67.1 Å². The van der Waals surface area contributed by atoms with E-state index in [1.165, 1.54) is 0 Å². The third-order valence-electron chi connectivity index (χ3n) is 21.4. The van der Waals surface area contributed by atoms with Gasteiger partial charge < -0.3 is 99.2 Å². The zero-order chi connectivity index (χ0) is 59.1. The Bertz CT molecular complexity index is 2380. The summed E-state index contributed by atoms with van der Waals surface area (Å²) in [6.45, 7) is 16.4. The maximum absolute atomic E-state index is 13.8. The smallest absolute Gasteiger partial charge is 0.335 e. The average molecular weight is 1140 g/mol. The van der Waals surface area contributed by atoms with E-state index in [0.717, 1.165) is 5.57 Å². The molecule has 12 N–H and O–H groups in total. The van der Waals surface area contributed by atoms with Gasteiger partial charge in [-0.25, -0.2) is 14.4 Å². The molecule has 3 heterocycles. The van der Waals surface area contributed by atoms with Gasteiger partial charge in [-0.1, -0.05) is 65.3 Å². The van der Waals surface area contributed by atoms with E-state index in [0.29, 0.717) is 43.3 Å². The van der Waals surface area contributed by atoms with Crippen molar-refractivity contribution in [3.05, 3.63) is 34.9 Å². The summed E-state index contributed by atoms with van der Waals surface area (Å²) >= 11 is 0. The highest BCUT2D eigenvalue weighted by molar-refractivity contribution is 5.89. The molecule has 80 heavy (non-hydrogen) atoms. The van der Waals surface area contributed by atoms with Crippen LogP contribution < -0.4 is 0 Å². The second-order valence-electron chi connectivity index (χ2n) is 25.8. The first-order chi connectivity index (χ1) is 37.5. The van der Waals surface area contributed by atoms with E-state index in [-0.39, 0.29) is 24.7 Å². The Morgan fingerprint density at radius 3 is 1.73 bits per heavy atom. The first-order valence-corrected chi connectivity index (χ1v) is 28.2. The lowest BCUT2D eigenvalue weighted by molar-refractivity contribution is -0.387. The van der Waals surface area contributed by atoms with Crippen LogP contribution in [0.15, 0.2) is 34.9 Å². The molecule has 0 aromatic carbocycles. The average Bonchev–Trinajstić information content (AvgIpc) is 3.85. The minimum absolute atomic E-state index is 0.0864. The molecule has 0 amide bonds. The summed E-state index contributed by atoms with van der Waals surface area (Å²) in [5.74, 6) is -3.87. The molecule has 23 nitrogen and oxygen atoms in total. The minimum atomic E-state index is -2.15. The lowest BCUT2D eigenvalue weighted by atomic mass is 9.33. The zero-order valence-electron chi connectivity index (χ0n) is 47.5. The highest BCUT2D eigenvalue weighted by atomic mass is 16.8. The van der Waals surface area contributed by atoms with Crippen LogP contribution in [0.2, 0.25) is 0 Å². The van der Waals surface area contributed by atoms with Crippen LogP contribution in [0.4, 0.5) is 0 Å². The van der Waals surface area contributed by atoms with E-state index in [1.807, 2.05) is 20.8 Å². The molecule has 23 heteroatoms. The Hall–Kier alpha value is -3.05. The molecular weight excluding hydrogens is 1050 g/mol. The quantitative estimate of drug-likeness (QED) is 0.0453. The lowest BCUT2D eigenvalue weighted by Crippen LogP contribution is -2.72. The number of carbonyl (C=O) groups is 3. The fourth-order valence-electron chi connectivity index (χ4n) is 16.2. The Morgan fingerprint density at radius 2 is 1.19 bits per heavy atom. The van der Waals surface area contributed by atoms with Crippen LogP contribution in [-0.4, -0.2) is 216 Å². The first-order valence-electron chi connectivity index (χ1n) is 28.2. The van der Waals surface area contributed by atoms with Gasteiger partial charge in [0.2, 0.25) is 0 Å². The number of esters is 2. The second-order valence-corrected chi connectivity index (χ2v) is 25.8. The number of carbonyl (C=O) groups excluding carboxylic acids is 2. The Kier molecular flexibility index (Phi) is 18.2. The molecule has 8 rings (SSSR count). The van der Waals surface area contributed by atoms with Crippen molar-refractivity contribution in [1.29, 1.82) is 0 Å². The van der Waals surface area contributed by atoms with E-state index in [2.05, 4.69) is 26.8 Å². The molecule has 26 atom stereocenters. The van der Waals surface area contributed by atoms with Crippen LogP contribution >= 0.6 is 0 Å². The molecule has 0 spiro atoms. The summed E-state index contributed by atoms with van der Waals surface area (Å²) in [6.07, 6.45) is -21.9. The van der Waals surface area contributed by atoms with Crippen molar-refractivity contribution in [3.63, 3.8) is 0 Å². The second kappa shape index (κ2) is 23.1. The molecule has 0 radical (unpaired) electrons. The van der Waals surface area contributed by atoms with Crippen molar-refractivity contribution in [2.75, 3.05) is 26.4 Å². The topological polar surface area (TPSA) is 368 Å². The monoisotopic (exact) mass is 1140 g/mol. The number of aliphatic hydroxyl groups is 11. The molecular formula is C57H88O23. The van der Waals surface area contributed by atoms with E-state index >= 15 is 0 Å². The van der Waals surface area contributed by atoms with Gasteiger partial charge in [0, 0.05) is 22.0 Å². The summed E-state index contributed by atoms with van der Waals surface area (Å²) in [4.78, 5) is 40.3. The fourth-order valence-corrected chi connectivity index (χ4v) is 16.2. The molecule has 8 aliphatic rings. The number of ether oxygens (including phenoxy) is 8. The van der Waals surface area contributed by atoms with Crippen molar-refractivity contribution in [1.82, 2.24) is 0 Å². The number of fused-ring (bicyclic) bond motifs is 7. The van der Waals surface area contributed by atoms with Gasteiger partial charge in [-0.3, -0.25) is 0 Å². The molecule has 0 aromatic heterocycles. The maximum Gasteiger partial charge on any atom is 0.335 e. The van der Waals surface area contributed by atoms with Gasteiger partial charge in [0.25, 0.3) is 0 Å². The highest BCUT2D eigenvalue weighted by Crippen LogP contribution is 2.76. The number of allylic oxidation sites excluding steroid dienone is 4. The molecule has 3 aliphatic heterocycles. The van der Waals surface area contributed by atoms with Gasteiger partial charge in [0.05, 0.1) is 44.1 Å². The minimum Gasteiger partial charge on any atom is -0.479 e. The number of carboxylic acid groups (broad SMARTS) is 1. The Labute approximate surface area is 466 Å². The standard InChI is InChI=1S/C57H88O23/c1-11-25(3)47(71)79-44-45(80-48(72)26(4)12-2)57(24-61)28(19-52(44,5)6)27-13-14-32-53(7)17-16-34(54(8,23-60)31(53)15-18-55(32,9)56(27,10)20-33(57)62)75-51-43(78-50-39(67)37(65)35(63)29(21-58)73-50)41(40(68)42(77-51)46(69)70)76-49-38(66)36(64)30(22-59)74-49/h11-13,28-45,49-51,58-68H,14-24H2,1-10H3,(H,69,70)/b25-11-,26-12-/t28?,29?,30-,31?,32?,33+,34-,35+,36+,37?,38?,39-,40-,41?,42?,43-,44-,45-,49?,50-,51+,53-,54-,55+,56+,57-/m0/s1. The molecule has 5 aliphatic carbocycles. The zero-order valence-corrected chi connectivity index (χ0v) is 47.5. The molecule has 0 aromatic rings. The number of hydrogen-bond donors (Lipinski definition) is 12. The lowest BCUT2D eigenvalue weighted by Gasteiger charge is -2.72. The van der Waals surface area contributed by atoms with Gasteiger partial charge in [-0.2, -0.15) is 0 Å². The largest absolute Gasteiger partial charge is 0.479 e. The molecule has 7 fully saturated rings. The van der Waals surface area contributed by atoms with Gasteiger partial charge in [0.15, 0.2) is 31.1 Å². The van der Waals surface area contributed by atoms with Gasteiger partial charge in [-0.15, -0.1) is 0 Å². The van der Waals surface area contributed by atoms with Crippen LogP contribution in [-0.2, 0) is 52.3 Å².